The quantitative estimate of drug-likeness (QED) is 0.0167. The van der Waals surface area contributed by atoms with E-state index in [9.17, 15) is 47.5 Å². The van der Waals surface area contributed by atoms with Gasteiger partial charge >= 0.3 is 0 Å². The molecule has 764 valence electrons. The monoisotopic (exact) mass is 1970 g/mol. The second kappa shape index (κ2) is 52.4. The number of rotatable bonds is 38. The molecule has 4 saturated carbocycles. The Morgan fingerprint density at radius 1 is 0.356 bits per heavy atom. The van der Waals surface area contributed by atoms with Gasteiger partial charge in [-0.3, -0.25) is 52.7 Å². The number of halogens is 1. The first-order chi connectivity index (χ1) is 71.1. The van der Waals surface area contributed by atoms with E-state index in [-0.39, 0.29) is 65.5 Å². The summed E-state index contributed by atoms with van der Waals surface area (Å²) >= 11 is 0. The molecule has 6 heterocycles. The Hall–Kier alpha value is -13.7. The summed E-state index contributed by atoms with van der Waals surface area (Å²) < 4.78 is 15.0. The summed E-state index contributed by atoms with van der Waals surface area (Å²) in [4.78, 5) is 129. The molecule has 25 nitrogen and oxygen atoms in total. The lowest BCUT2D eigenvalue weighted by atomic mass is 10.0. The van der Waals surface area contributed by atoms with Crippen LogP contribution in [0.2, 0.25) is 0 Å². The van der Waals surface area contributed by atoms with E-state index in [1.165, 1.54) is 75.2 Å². The number of benzene rings is 9. The highest BCUT2D eigenvalue weighted by molar-refractivity contribution is 6.01. The van der Waals surface area contributed by atoms with Gasteiger partial charge in [0.2, 0.25) is 29.5 Å². The smallest absolute Gasteiger partial charge is 0.251 e. The number of nitrogens with zero attached hydrogens (tertiary/aromatic N) is 8. The van der Waals surface area contributed by atoms with Crippen molar-refractivity contribution < 1.29 is 47.5 Å². The van der Waals surface area contributed by atoms with Gasteiger partial charge in [0.15, 0.2) is 0 Å². The zero-order valence-electron chi connectivity index (χ0n) is 84.9. The highest BCUT2D eigenvalue weighted by Gasteiger charge is 2.42. The number of aromatic nitrogens is 4. The Kier molecular flexibility index (Phi) is 37.7. The molecule has 8 aliphatic rings. The predicted octanol–water partition coefficient (Wildman–Crippen LogP) is 17.6. The van der Waals surface area contributed by atoms with E-state index in [1.807, 2.05) is 112 Å². The van der Waals surface area contributed by atoms with Crippen LogP contribution in [0, 0.1) is 39.4 Å². The van der Waals surface area contributed by atoms with Crippen molar-refractivity contribution in [3.05, 3.63) is 334 Å². The van der Waals surface area contributed by atoms with Gasteiger partial charge < -0.3 is 62.1 Å². The number of aryl methyl sites for hydroxylation is 4. The van der Waals surface area contributed by atoms with Crippen molar-refractivity contribution in [1.82, 2.24) is 81.9 Å². The van der Waals surface area contributed by atoms with Crippen LogP contribution in [0.3, 0.4) is 0 Å². The average molecular weight is 1970 g/mol. The maximum Gasteiger partial charge on any atom is 0.251 e. The molecule has 2 aromatic heterocycles. The second-order valence-electron chi connectivity index (χ2n) is 40.8. The van der Waals surface area contributed by atoms with Gasteiger partial charge in [0.1, 0.15) is 42.6 Å². The van der Waals surface area contributed by atoms with E-state index in [1.54, 1.807) is 52.6 Å². The summed E-state index contributed by atoms with van der Waals surface area (Å²) in [5.74, 6) is 1.25. The molecule has 4 aliphatic carbocycles. The normalized spacial score (nSPS) is 19.9. The van der Waals surface area contributed by atoms with Crippen LogP contribution in [0.5, 0.6) is 0 Å². The van der Waals surface area contributed by atoms with E-state index in [0.29, 0.717) is 109 Å². The van der Waals surface area contributed by atoms with E-state index in [0.717, 1.165) is 196 Å². The molecular weight excluding hydrogens is 1830 g/mol. The fourth-order valence-electron chi connectivity index (χ4n) is 20.5. The minimum atomic E-state index is -0.654. The van der Waals surface area contributed by atoms with E-state index >= 15 is 0 Å². The maximum atomic E-state index is 13.4. The molecule has 9 amide bonds. The van der Waals surface area contributed by atoms with Crippen molar-refractivity contribution in [1.29, 1.82) is 0 Å². The molecule has 12 atom stereocenters. The third kappa shape index (κ3) is 30.7. The van der Waals surface area contributed by atoms with Crippen molar-refractivity contribution in [2.45, 2.75) is 235 Å². The molecule has 8 fully saturated rings. The Morgan fingerprint density at radius 3 is 1.08 bits per heavy atom. The van der Waals surface area contributed by atoms with Crippen LogP contribution in [-0.4, -0.2) is 213 Å². The fraction of sp³-hybridized carbons (Fsp3) is 0.417. The van der Waals surface area contributed by atoms with Crippen molar-refractivity contribution in [3.63, 3.8) is 0 Å². The lowest BCUT2D eigenvalue weighted by molar-refractivity contribution is -0.139. The minimum absolute atomic E-state index is 0.00545. The summed E-state index contributed by atoms with van der Waals surface area (Å²) in [6.07, 6.45) is 25.9. The van der Waals surface area contributed by atoms with E-state index in [2.05, 4.69) is 182 Å². The summed E-state index contributed by atoms with van der Waals surface area (Å²) in [6, 6.07) is 77.7. The highest BCUT2D eigenvalue weighted by atomic mass is 19.1. The van der Waals surface area contributed by atoms with Crippen LogP contribution in [0.15, 0.2) is 262 Å². The van der Waals surface area contributed by atoms with Gasteiger partial charge in [-0.25, -0.2) is 4.39 Å². The standard InChI is InChI=1S/C32H38N4O2.C32H35N3O3.C29H36N6O2.C27H34FN3O2/c1-23-10-12-24(13-11-23)27-22-30(27)34-19-7-9-29(32(38)36-20-5-2-6-21-36)35-31(37)26-16-14-25(15-17-26)28-8-3-4-18-33-28;1-22-10-12-25(13-11-22)28-20-27(28)8-5-9-29(32(38)35-19-18-33-30(36)21-35)34-31(37)26-16-14-24(15-17-26)23-6-3-2-4-7-23;1-21-7-9-22(10-8-21)25-18-27(25)30-15-5-6-26(29(37)34-16-3-2-4-17-34)33-28(36)23-11-13-24(14-12-23)35-19-31-32-20-35;1-19-7-9-20(10-8-19)23-18-25(23)29-15-5-6-24(27(33)31-16-3-2-4-17-31)30-26(32)21-11-13-22(28)14-12-21/h3-4,8,10-18,27,29-30,34H,2,5-7,9,19-22H2,1H3,(H,35,37);2-4,6-7,10-17,27-29H,5,8-9,18-21H2,1H3,(H,33,36)(H,34,37);7-14,19-20,25-27,30H,2-6,15-18H2,1H3,(H,33,36);7-14,23-25,29H,2-6,15-18H2,1H3,(H,30,32)/t27-,29-,30+;27-,28+,29+;25-,26-,27+;23-,24-,25+/m0100/s1. The third-order valence-electron chi connectivity index (χ3n) is 29.7. The van der Waals surface area contributed by atoms with Gasteiger partial charge in [0.25, 0.3) is 23.6 Å². The van der Waals surface area contributed by atoms with E-state index in [4.69, 9.17) is 0 Å². The van der Waals surface area contributed by atoms with Gasteiger partial charge in [-0.2, -0.15) is 0 Å². The molecule has 0 spiro atoms. The number of pyridine rings is 1. The molecule has 4 aliphatic heterocycles. The van der Waals surface area contributed by atoms with Crippen molar-refractivity contribution in [3.8, 4) is 28.1 Å². The molecular formula is C120H143FN16O9. The molecule has 19 rings (SSSR count). The van der Waals surface area contributed by atoms with Gasteiger partial charge in [-0.05, 0) is 312 Å². The summed E-state index contributed by atoms with van der Waals surface area (Å²) in [5, 5.41) is 33.3. The number of likely N-dealkylation sites (tertiary alicyclic amines) is 3. The summed E-state index contributed by atoms with van der Waals surface area (Å²) in [7, 11) is 0. The number of hydrogen-bond donors (Lipinski definition) is 8. The molecule has 11 aromatic rings. The van der Waals surface area contributed by atoms with Crippen LogP contribution < -0.4 is 42.5 Å². The number of carbonyl (C=O) groups is 9. The number of piperidine rings is 3. The van der Waals surface area contributed by atoms with Crippen LogP contribution in [-0.2, 0) is 24.0 Å². The first-order valence-electron chi connectivity index (χ1n) is 53.1. The molecule has 9 aromatic carbocycles. The zero-order valence-corrected chi connectivity index (χ0v) is 84.9. The van der Waals surface area contributed by atoms with Crippen molar-refractivity contribution in [2.24, 2.45) is 5.92 Å². The number of nitrogens with one attached hydrogen (secondary N) is 8. The molecule has 146 heavy (non-hydrogen) atoms. The van der Waals surface area contributed by atoms with Crippen molar-refractivity contribution >= 4 is 53.2 Å². The van der Waals surface area contributed by atoms with Gasteiger partial charge in [0, 0.05) is 128 Å². The molecule has 26 heteroatoms. The summed E-state index contributed by atoms with van der Waals surface area (Å²) in [6.45, 7) is 16.5. The molecule has 8 N–H and O–H groups in total. The number of piperazine rings is 1. The lowest BCUT2D eigenvalue weighted by Crippen LogP contribution is -2.55. The lowest BCUT2D eigenvalue weighted by Gasteiger charge is -2.31. The Morgan fingerprint density at radius 2 is 0.699 bits per heavy atom. The summed E-state index contributed by atoms with van der Waals surface area (Å²) in [5.41, 5.74) is 17.4. The van der Waals surface area contributed by atoms with Gasteiger partial charge in [-0.1, -0.05) is 186 Å². The fourth-order valence-corrected chi connectivity index (χ4v) is 20.5. The van der Waals surface area contributed by atoms with Gasteiger partial charge in [0.05, 0.1) is 12.2 Å². The zero-order chi connectivity index (χ0) is 102. The first-order valence-corrected chi connectivity index (χ1v) is 53.1. The Balaban J connectivity index is 0.000000139. The molecule has 0 radical (unpaired) electrons. The maximum absolute atomic E-state index is 13.4. The van der Waals surface area contributed by atoms with Crippen molar-refractivity contribution in [2.75, 3.05) is 78.5 Å². The highest BCUT2D eigenvalue weighted by Crippen LogP contribution is 2.51. The van der Waals surface area contributed by atoms with Crippen LogP contribution in [0.4, 0.5) is 4.39 Å². The number of carbonyl (C=O) groups excluding carboxylic acids is 9. The van der Waals surface area contributed by atoms with Gasteiger partial charge in [-0.15, -0.1) is 10.2 Å². The topological polar surface area (TPSA) is 306 Å². The average Bonchev–Trinajstić information content (AvgIpc) is 1.67. The molecule has 0 unspecified atom stereocenters. The Bertz CT molecular complexity index is 6070. The SMILES string of the molecule is Cc1ccc([C@@H]2C[C@H]2CCC[C@H](NC(=O)c2ccc(-c3ccccc3)cc2)C(=O)N2CCNC(=O)C2)cc1.Cc1ccc([C@@H]2C[C@H]2NCCC[C@H](NC(=O)c2ccc(-c3ccccn3)cc2)C(=O)N2CCCCC2)cc1.Cc1ccc([C@@H]2C[C@H]2NCCC[C@H](NC(=O)c2ccc(-n3cnnc3)cc2)C(=O)N2CCCCC2)cc1.Cc1ccc([C@@H]2C[C@H]2NCCC[C@H](NC(=O)c2ccc(F)cc2)C(=O)N2CCCCC2)cc1. The number of amides is 9. The van der Waals surface area contributed by atoms with Crippen LogP contribution >= 0.6 is 0 Å². The van der Waals surface area contributed by atoms with Crippen LogP contribution in [0.25, 0.3) is 28.1 Å². The predicted molar refractivity (Wildman–Crippen MR) is 570 cm³/mol. The van der Waals surface area contributed by atoms with E-state index < -0.39 is 24.2 Å². The second-order valence-corrected chi connectivity index (χ2v) is 40.8. The van der Waals surface area contributed by atoms with Crippen LogP contribution in [0.1, 0.15) is 251 Å². The molecule has 0 bridgehead atoms. The number of hydrogen-bond acceptors (Lipinski definition) is 15. The third-order valence-corrected chi connectivity index (χ3v) is 29.7. The minimum Gasteiger partial charge on any atom is -0.353 e. The Labute approximate surface area is 859 Å². The largest absolute Gasteiger partial charge is 0.353 e. The first kappa shape index (κ1) is 105. The molecule has 4 saturated heterocycles.